The molecule has 1 saturated carbocycles. The fraction of sp³-hybridized carbons (Fsp3) is 0.447. The van der Waals surface area contributed by atoms with Crippen LogP contribution in [-0.4, -0.2) is 87.6 Å². The van der Waals surface area contributed by atoms with E-state index >= 15 is 4.39 Å². The molecule has 13 heteroatoms. The van der Waals surface area contributed by atoms with E-state index < -0.39 is 23.3 Å². The number of rotatable bonds is 8. The maximum Gasteiger partial charge on any atom is 0.319 e. The van der Waals surface area contributed by atoms with E-state index in [-0.39, 0.29) is 82.3 Å². The molecule has 2 bridgehead atoms. The Bertz CT molecular complexity index is 2170. The summed E-state index contributed by atoms with van der Waals surface area (Å²) in [4.78, 5) is 18.1. The minimum atomic E-state index is -1.66. The Kier molecular flexibility index (Phi) is 7.65. The fourth-order valence-corrected chi connectivity index (χ4v) is 8.75. The summed E-state index contributed by atoms with van der Waals surface area (Å²) >= 11 is 0. The lowest BCUT2D eigenvalue weighted by molar-refractivity contribution is 0.0606. The van der Waals surface area contributed by atoms with E-state index in [1.54, 1.807) is 0 Å². The number of aromatic nitrogens is 3. The second-order valence-electron chi connectivity index (χ2n) is 14.8. The van der Waals surface area contributed by atoms with Crippen molar-refractivity contribution in [2.75, 3.05) is 44.3 Å². The number of hydrogen-bond donors (Lipinski definition) is 2. The van der Waals surface area contributed by atoms with Gasteiger partial charge in [0, 0.05) is 48.4 Å². The van der Waals surface area contributed by atoms with Gasteiger partial charge in [-0.3, -0.25) is 9.88 Å². The lowest BCUT2D eigenvalue weighted by Crippen LogP contribution is -2.62. The summed E-state index contributed by atoms with van der Waals surface area (Å²) in [5.41, 5.74) is -1.06. The highest BCUT2D eigenvalue weighted by Gasteiger charge is 2.49. The van der Waals surface area contributed by atoms with Crippen LogP contribution < -0.4 is 15.0 Å². The van der Waals surface area contributed by atoms with Crippen molar-refractivity contribution in [3.05, 3.63) is 59.3 Å². The highest BCUT2D eigenvalue weighted by atomic mass is 19.3. The Morgan fingerprint density at radius 1 is 1.12 bits per heavy atom. The topological polar surface area (TPSA) is 95.9 Å². The van der Waals surface area contributed by atoms with E-state index in [1.807, 2.05) is 4.90 Å². The van der Waals surface area contributed by atoms with Gasteiger partial charge >= 0.3 is 6.01 Å². The Balaban J connectivity index is 1.16. The van der Waals surface area contributed by atoms with Crippen LogP contribution in [0.1, 0.15) is 50.5 Å². The van der Waals surface area contributed by atoms with Gasteiger partial charge in [-0.2, -0.15) is 18.7 Å². The number of fused-ring (bicyclic) bond motifs is 5. The van der Waals surface area contributed by atoms with E-state index in [2.05, 4.69) is 26.1 Å². The highest BCUT2D eigenvalue weighted by Crippen LogP contribution is 2.44. The molecule has 0 amide bonds. The molecule has 5 aliphatic rings. The molecule has 4 saturated heterocycles. The number of aromatic hydroxyl groups is 1. The molecule has 0 radical (unpaired) electrons. The summed E-state index contributed by atoms with van der Waals surface area (Å²) in [5.74, 6) is 1.15. The molecule has 264 valence electrons. The Morgan fingerprint density at radius 2 is 1.98 bits per heavy atom. The number of benzene rings is 2. The molecule has 9 rings (SSSR count). The monoisotopic (exact) mass is 700 g/mol. The van der Waals surface area contributed by atoms with E-state index in [9.17, 15) is 18.3 Å². The van der Waals surface area contributed by atoms with Crippen molar-refractivity contribution in [2.24, 2.45) is 0 Å². The van der Waals surface area contributed by atoms with Gasteiger partial charge in [-0.05, 0) is 75.1 Å². The van der Waals surface area contributed by atoms with Crippen LogP contribution >= 0.6 is 0 Å². The fourth-order valence-electron chi connectivity index (χ4n) is 8.75. The van der Waals surface area contributed by atoms with Gasteiger partial charge in [-0.1, -0.05) is 12.0 Å². The maximum atomic E-state index is 17.0. The Hall–Kier alpha value is -4.51. The van der Waals surface area contributed by atoms with Crippen LogP contribution in [0.4, 0.5) is 23.4 Å². The summed E-state index contributed by atoms with van der Waals surface area (Å²) in [6, 6.07) is 5.47. The molecule has 3 atom stereocenters. The third-order valence-corrected chi connectivity index (χ3v) is 11.3. The summed E-state index contributed by atoms with van der Waals surface area (Å²) in [6.07, 6.45) is 11.5. The minimum absolute atomic E-state index is 0.0552. The number of piperazine rings is 1. The Labute approximate surface area is 291 Å². The first kappa shape index (κ1) is 32.4. The SMILES string of the molecule is C#Cc1c(F)ccc2cc(O)cc(-c3ncc4c(N5CC6CCC(COC7CC7)(C5)N6)nc(OC[C@@]56CCCN5CC(=C(F)F)C6)nc4c3F)c12. The van der Waals surface area contributed by atoms with Gasteiger partial charge in [-0.25, -0.2) is 8.78 Å². The third-order valence-electron chi connectivity index (χ3n) is 11.3. The standard InChI is InChI=1S/C38H36F4N6O3/c1-2-26-29(39)7-4-21-12-24(49)13-27(30(21)26)32-31(40)33-28(15-43-32)35(47-17-23-8-10-37(18-47,46-23)19-50-25-5-6-25)45-36(44-33)51-20-38-9-3-11-48(38)16-22(14-38)34(41)42/h1,4,7,12-13,15,23,25,46,49H,3,5-6,8-11,14,16-20H2/t23?,37?,38-/m0/s1. The first-order valence-corrected chi connectivity index (χ1v) is 17.5. The van der Waals surface area contributed by atoms with Gasteiger partial charge in [0.05, 0.1) is 34.7 Å². The smallest absolute Gasteiger partial charge is 0.319 e. The van der Waals surface area contributed by atoms with Crippen LogP contribution in [0.25, 0.3) is 32.9 Å². The molecule has 6 heterocycles. The van der Waals surface area contributed by atoms with Gasteiger partial charge in [0.1, 0.15) is 35.2 Å². The summed E-state index contributed by atoms with van der Waals surface area (Å²) < 4.78 is 71.9. The van der Waals surface area contributed by atoms with Crippen molar-refractivity contribution in [2.45, 2.75) is 68.2 Å². The zero-order valence-electron chi connectivity index (χ0n) is 27.8. The van der Waals surface area contributed by atoms with E-state index in [0.717, 1.165) is 32.1 Å². The number of pyridine rings is 1. The number of halogens is 4. The predicted molar refractivity (Wildman–Crippen MR) is 183 cm³/mol. The van der Waals surface area contributed by atoms with Crippen molar-refractivity contribution in [3.63, 3.8) is 0 Å². The number of terminal acetylenes is 1. The van der Waals surface area contributed by atoms with Crippen molar-refractivity contribution in [3.8, 4) is 35.4 Å². The number of phenolic OH excluding ortho intramolecular Hbond substituents is 1. The van der Waals surface area contributed by atoms with Gasteiger partial charge in [0.15, 0.2) is 5.82 Å². The predicted octanol–water partition coefficient (Wildman–Crippen LogP) is 6.07. The van der Waals surface area contributed by atoms with Crippen LogP contribution in [0.2, 0.25) is 0 Å². The Morgan fingerprint density at radius 3 is 2.78 bits per heavy atom. The molecule has 4 aliphatic heterocycles. The second-order valence-corrected chi connectivity index (χ2v) is 14.8. The van der Waals surface area contributed by atoms with Crippen LogP contribution in [-0.2, 0) is 4.74 Å². The van der Waals surface area contributed by atoms with Crippen LogP contribution in [0, 0.1) is 24.0 Å². The van der Waals surface area contributed by atoms with Gasteiger partial charge in [0.2, 0.25) is 0 Å². The molecule has 2 aromatic heterocycles. The molecule has 0 spiro atoms. The van der Waals surface area contributed by atoms with Crippen LogP contribution in [0.3, 0.4) is 0 Å². The first-order chi connectivity index (χ1) is 24.6. The van der Waals surface area contributed by atoms with Crippen LogP contribution in [0.5, 0.6) is 11.8 Å². The van der Waals surface area contributed by atoms with E-state index in [4.69, 9.17) is 20.9 Å². The highest BCUT2D eigenvalue weighted by molar-refractivity contribution is 6.03. The summed E-state index contributed by atoms with van der Waals surface area (Å²) in [6.45, 7) is 2.62. The average molecular weight is 701 g/mol. The maximum absolute atomic E-state index is 17.0. The number of anilines is 1. The van der Waals surface area contributed by atoms with Gasteiger partial charge < -0.3 is 24.8 Å². The first-order valence-electron chi connectivity index (χ1n) is 17.5. The molecule has 51 heavy (non-hydrogen) atoms. The van der Waals surface area contributed by atoms with Crippen molar-refractivity contribution < 1.29 is 32.1 Å². The lowest BCUT2D eigenvalue weighted by atomic mass is 9.94. The molecule has 2 unspecified atom stereocenters. The molecule has 2 aromatic carbocycles. The molecule has 1 aliphatic carbocycles. The molecular formula is C38H36F4N6O3. The normalized spacial score (nSPS) is 25.9. The number of nitrogens with one attached hydrogen (secondary N) is 1. The molecule has 5 fully saturated rings. The zero-order valence-corrected chi connectivity index (χ0v) is 27.8. The quantitative estimate of drug-likeness (QED) is 0.168. The van der Waals surface area contributed by atoms with Crippen molar-refractivity contribution in [1.29, 1.82) is 0 Å². The number of phenols is 1. The molecular weight excluding hydrogens is 664 g/mol. The summed E-state index contributed by atoms with van der Waals surface area (Å²) in [5, 5.41) is 15.4. The van der Waals surface area contributed by atoms with E-state index in [1.165, 1.54) is 30.5 Å². The number of ether oxygens (including phenoxy) is 2. The average Bonchev–Trinajstić information content (AvgIpc) is 3.66. The lowest BCUT2D eigenvalue weighted by Gasteiger charge is -2.42. The van der Waals surface area contributed by atoms with Crippen molar-refractivity contribution in [1.82, 2.24) is 25.2 Å². The number of nitrogens with zero attached hydrogens (tertiary/aromatic N) is 5. The minimum Gasteiger partial charge on any atom is -0.508 e. The summed E-state index contributed by atoms with van der Waals surface area (Å²) in [7, 11) is 0. The zero-order chi connectivity index (χ0) is 35.1. The molecule has 2 N–H and O–H groups in total. The molecule has 4 aromatic rings. The second kappa shape index (κ2) is 12.0. The van der Waals surface area contributed by atoms with E-state index in [0.29, 0.717) is 49.3 Å². The third kappa shape index (κ3) is 5.55. The molecule has 9 nitrogen and oxygen atoms in total. The van der Waals surface area contributed by atoms with Gasteiger partial charge in [-0.15, -0.1) is 6.42 Å². The van der Waals surface area contributed by atoms with Crippen LogP contribution in [0.15, 0.2) is 42.1 Å². The van der Waals surface area contributed by atoms with Gasteiger partial charge in [0.25, 0.3) is 6.08 Å². The van der Waals surface area contributed by atoms with Crippen molar-refractivity contribution >= 4 is 27.5 Å². The largest absolute Gasteiger partial charge is 0.508 e. The number of hydrogen-bond acceptors (Lipinski definition) is 9.